The van der Waals surface area contributed by atoms with E-state index in [1.54, 1.807) is 12.1 Å². The van der Waals surface area contributed by atoms with Gasteiger partial charge >= 0.3 is 5.63 Å². The zero-order valence-corrected chi connectivity index (χ0v) is 14.9. The van der Waals surface area contributed by atoms with Gasteiger partial charge in [-0.05, 0) is 42.8 Å². The molecule has 136 valence electrons. The van der Waals surface area contributed by atoms with Crippen LogP contribution in [0.4, 0.5) is 5.82 Å². The molecule has 0 unspecified atom stereocenters. The Kier molecular flexibility index (Phi) is 4.46. The van der Waals surface area contributed by atoms with Gasteiger partial charge < -0.3 is 14.9 Å². The van der Waals surface area contributed by atoms with Crippen molar-refractivity contribution in [3.05, 3.63) is 59.0 Å². The van der Waals surface area contributed by atoms with Gasteiger partial charge in [0.15, 0.2) is 5.82 Å². The predicted octanol–water partition coefficient (Wildman–Crippen LogP) is 4.16. The normalized spacial score (nSPS) is 11.1. The first-order chi connectivity index (χ1) is 13.2. The number of unbranched alkanes of at least 4 members (excludes halogenated alkanes) is 1. The SMILES string of the molecule is CCCCOc1ccc(-c2nc(N)c3c(=O)oc4ccccc4c3n2)cc1. The molecule has 4 rings (SSSR count). The van der Waals surface area contributed by atoms with Crippen LogP contribution >= 0.6 is 0 Å². The molecule has 6 heteroatoms. The Bertz CT molecular complexity index is 1170. The Balaban J connectivity index is 1.81. The first-order valence-corrected chi connectivity index (χ1v) is 8.89. The molecule has 0 spiro atoms. The lowest BCUT2D eigenvalue weighted by Gasteiger charge is -2.08. The number of rotatable bonds is 5. The molecule has 2 heterocycles. The zero-order valence-electron chi connectivity index (χ0n) is 14.9. The lowest BCUT2D eigenvalue weighted by atomic mass is 10.1. The van der Waals surface area contributed by atoms with Crippen LogP contribution in [0, 0.1) is 0 Å². The van der Waals surface area contributed by atoms with Crippen molar-refractivity contribution < 1.29 is 9.15 Å². The number of benzene rings is 2. The Hall–Kier alpha value is -3.41. The van der Waals surface area contributed by atoms with Crippen molar-refractivity contribution in [2.75, 3.05) is 12.3 Å². The monoisotopic (exact) mass is 361 g/mol. The summed E-state index contributed by atoms with van der Waals surface area (Å²) in [5.41, 5.74) is 7.29. The highest BCUT2D eigenvalue weighted by molar-refractivity contribution is 6.05. The summed E-state index contributed by atoms with van der Waals surface area (Å²) in [6, 6.07) is 14.8. The fourth-order valence-electron chi connectivity index (χ4n) is 2.94. The van der Waals surface area contributed by atoms with Crippen LogP contribution in [0.2, 0.25) is 0 Å². The van der Waals surface area contributed by atoms with Crippen molar-refractivity contribution in [2.24, 2.45) is 0 Å². The van der Waals surface area contributed by atoms with E-state index in [1.807, 2.05) is 36.4 Å². The highest BCUT2D eigenvalue weighted by Gasteiger charge is 2.15. The van der Waals surface area contributed by atoms with E-state index in [2.05, 4.69) is 16.9 Å². The smallest absolute Gasteiger partial charge is 0.349 e. The number of ether oxygens (including phenoxy) is 1. The van der Waals surface area contributed by atoms with Gasteiger partial charge in [0.05, 0.1) is 12.1 Å². The Morgan fingerprint density at radius 1 is 1.07 bits per heavy atom. The molecule has 0 amide bonds. The number of nitrogen functional groups attached to an aromatic ring is 1. The lowest BCUT2D eigenvalue weighted by Crippen LogP contribution is -2.08. The van der Waals surface area contributed by atoms with Crippen molar-refractivity contribution in [3.8, 4) is 17.1 Å². The molecule has 4 aromatic rings. The van der Waals surface area contributed by atoms with Crippen molar-refractivity contribution in [2.45, 2.75) is 19.8 Å². The van der Waals surface area contributed by atoms with Gasteiger partial charge in [0.2, 0.25) is 0 Å². The molecule has 0 saturated heterocycles. The fraction of sp³-hybridized carbons (Fsp3) is 0.190. The van der Waals surface area contributed by atoms with E-state index in [0.29, 0.717) is 23.5 Å². The van der Waals surface area contributed by atoms with Crippen molar-refractivity contribution in [1.29, 1.82) is 0 Å². The van der Waals surface area contributed by atoms with Gasteiger partial charge in [-0.2, -0.15) is 0 Å². The van der Waals surface area contributed by atoms with E-state index in [9.17, 15) is 4.79 Å². The number of hydrogen-bond donors (Lipinski definition) is 1. The quantitative estimate of drug-likeness (QED) is 0.326. The molecule has 0 fully saturated rings. The highest BCUT2D eigenvalue weighted by Crippen LogP contribution is 2.27. The van der Waals surface area contributed by atoms with Crippen LogP contribution in [-0.2, 0) is 0 Å². The highest BCUT2D eigenvalue weighted by atomic mass is 16.5. The summed E-state index contributed by atoms with van der Waals surface area (Å²) < 4.78 is 11.0. The molecule has 2 aromatic heterocycles. The van der Waals surface area contributed by atoms with Gasteiger partial charge in [-0.3, -0.25) is 0 Å². The van der Waals surface area contributed by atoms with Crippen LogP contribution in [0.15, 0.2) is 57.7 Å². The first-order valence-electron chi connectivity index (χ1n) is 8.89. The number of fused-ring (bicyclic) bond motifs is 3. The number of aromatic nitrogens is 2. The zero-order chi connectivity index (χ0) is 18.8. The average Bonchev–Trinajstić information content (AvgIpc) is 2.68. The van der Waals surface area contributed by atoms with Gasteiger partial charge in [-0.1, -0.05) is 25.5 Å². The maximum absolute atomic E-state index is 12.3. The molecule has 2 aromatic carbocycles. The average molecular weight is 361 g/mol. The van der Waals surface area contributed by atoms with Gasteiger partial charge in [0, 0.05) is 10.9 Å². The molecule has 0 atom stereocenters. The van der Waals surface area contributed by atoms with Crippen LogP contribution in [0.25, 0.3) is 33.3 Å². The summed E-state index contributed by atoms with van der Waals surface area (Å²) in [6.07, 6.45) is 2.10. The van der Waals surface area contributed by atoms with Crippen LogP contribution in [0.5, 0.6) is 5.75 Å². The number of para-hydroxylation sites is 1. The summed E-state index contributed by atoms with van der Waals surface area (Å²) in [7, 11) is 0. The molecule has 0 aliphatic carbocycles. The second-order valence-electron chi connectivity index (χ2n) is 6.27. The molecule has 0 aliphatic rings. The van der Waals surface area contributed by atoms with Crippen LogP contribution in [0.1, 0.15) is 19.8 Å². The summed E-state index contributed by atoms with van der Waals surface area (Å²) in [5, 5.41) is 0.930. The molecular formula is C21H19N3O3. The van der Waals surface area contributed by atoms with E-state index in [-0.39, 0.29) is 11.2 Å². The summed E-state index contributed by atoms with van der Waals surface area (Å²) in [4.78, 5) is 21.2. The molecule has 6 nitrogen and oxygen atoms in total. The lowest BCUT2D eigenvalue weighted by molar-refractivity contribution is 0.309. The summed E-state index contributed by atoms with van der Waals surface area (Å²) >= 11 is 0. The minimum Gasteiger partial charge on any atom is -0.494 e. The van der Waals surface area contributed by atoms with Gasteiger partial charge in [-0.15, -0.1) is 0 Å². The van der Waals surface area contributed by atoms with Crippen LogP contribution in [0.3, 0.4) is 0 Å². The van der Waals surface area contributed by atoms with Crippen molar-refractivity contribution in [3.63, 3.8) is 0 Å². The number of nitrogens with two attached hydrogens (primary N) is 1. The third-order valence-electron chi connectivity index (χ3n) is 4.37. The third-order valence-corrected chi connectivity index (χ3v) is 4.37. The minimum absolute atomic E-state index is 0.109. The molecule has 0 bridgehead atoms. The maximum atomic E-state index is 12.3. The molecule has 0 radical (unpaired) electrons. The molecule has 0 saturated carbocycles. The van der Waals surface area contributed by atoms with Crippen molar-refractivity contribution >= 4 is 27.7 Å². The van der Waals surface area contributed by atoms with Crippen LogP contribution in [-0.4, -0.2) is 16.6 Å². The molecule has 2 N–H and O–H groups in total. The Labute approximate surface area is 155 Å². The van der Waals surface area contributed by atoms with E-state index in [0.717, 1.165) is 29.5 Å². The standard InChI is InChI=1S/C21H19N3O3/c1-2-3-12-26-14-10-8-13(9-11-14)20-23-18-15-6-4-5-7-16(15)27-21(25)17(18)19(22)24-20/h4-11H,2-3,12H2,1H3,(H2,22,23,24). The summed E-state index contributed by atoms with van der Waals surface area (Å²) in [6.45, 7) is 2.81. The van der Waals surface area contributed by atoms with E-state index in [1.165, 1.54) is 0 Å². The number of nitrogens with zero attached hydrogens (tertiary/aromatic N) is 2. The predicted molar refractivity (Wildman–Crippen MR) is 106 cm³/mol. The van der Waals surface area contributed by atoms with Gasteiger partial charge in [0.25, 0.3) is 0 Å². The van der Waals surface area contributed by atoms with Gasteiger partial charge in [0.1, 0.15) is 22.5 Å². The summed E-state index contributed by atoms with van der Waals surface area (Å²) in [5.74, 6) is 1.36. The second-order valence-corrected chi connectivity index (χ2v) is 6.27. The van der Waals surface area contributed by atoms with E-state index >= 15 is 0 Å². The third kappa shape index (κ3) is 3.21. The van der Waals surface area contributed by atoms with E-state index < -0.39 is 5.63 Å². The Morgan fingerprint density at radius 2 is 1.85 bits per heavy atom. The van der Waals surface area contributed by atoms with E-state index in [4.69, 9.17) is 14.9 Å². The number of anilines is 1. The van der Waals surface area contributed by atoms with Gasteiger partial charge in [-0.25, -0.2) is 14.8 Å². The molecule has 27 heavy (non-hydrogen) atoms. The maximum Gasteiger partial charge on any atom is 0.349 e. The topological polar surface area (TPSA) is 91.2 Å². The largest absolute Gasteiger partial charge is 0.494 e. The van der Waals surface area contributed by atoms with Crippen LogP contribution < -0.4 is 16.1 Å². The Morgan fingerprint density at radius 3 is 2.63 bits per heavy atom. The van der Waals surface area contributed by atoms with Crippen molar-refractivity contribution in [1.82, 2.24) is 9.97 Å². The minimum atomic E-state index is -0.535. The fourth-order valence-corrected chi connectivity index (χ4v) is 2.94. The first kappa shape index (κ1) is 17.0. The molecular weight excluding hydrogens is 342 g/mol. The number of hydrogen-bond acceptors (Lipinski definition) is 6. The molecule has 0 aliphatic heterocycles. The second kappa shape index (κ2) is 7.07.